The fourth-order valence-corrected chi connectivity index (χ4v) is 12.5. The summed E-state index contributed by atoms with van der Waals surface area (Å²) in [4.78, 5) is 72.2. The van der Waals surface area contributed by atoms with Crippen molar-refractivity contribution in [1.29, 1.82) is 0 Å². The first-order valence-corrected chi connectivity index (χ1v) is 30.4. The number of aliphatic hydroxyl groups excluding tert-OH is 2. The second kappa shape index (κ2) is 30.2. The van der Waals surface area contributed by atoms with Crippen LogP contribution in [0.5, 0.6) is 0 Å². The lowest BCUT2D eigenvalue weighted by molar-refractivity contribution is -0.270. The summed E-state index contributed by atoms with van der Waals surface area (Å²) in [5.74, 6) is -3.69. The van der Waals surface area contributed by atoms with Crippen molar-refractivity contribution in [3.05, 3.63) is 47.3 Å². The SMILES string of the molecule is CCCCCCCCCCCCCCCCCC(=O)OC[C@@H](OC(C)=O)C1O[C@@H](OP(=O)(O)OP(O)(=S)OC[C@H]2O[C@@H](n3cnc4c(NC(C)c5ccccc5F)nc(Cl)nc43)C(O)[C@H]2O)[C@H](OC(C)=O)C(C)[C@@H]1C. The van der Waals surface area contributed by atoms with E-state index in [1.165, 1.54) is 81.2 Å². The lowest BCUT2D eigenvalue weighted by atomic mass is 9.81. The summed E-state index contributed by atoms with van der Waals surface area (Å²) in [5.41, 5.74) is 0.550. The minimum absolute atomic E-state index is 0.0544. The molecule has 0 aliphatic carbocycles. The molecule has 2 aliphatic heterocycles. The largest absolute Gasteiger partial charge is 0.481 e. The molecule has 3 aromatic rings. The van der Waals surface area contributed by atoms with E-state index in [0.29, 0.717) is 12.0 Å². The normalized spacial score (nSPS) is 25.3. The zero-order valence-electron chi connectivity index (χ0n) is 43.5. The van der Waals surface area contributed by atoms with Gasteiger partial charge in [-0.2, -0.15) is 9.97 Å². The highest BCUT2D eigenvalue weighted by Crippen LogP contribution is 2.62. The van der Waals surface area contributed by atoms with Gasteiger partial charge in [-0.1, -0.05) is 129 Å². The van der Waals surface area contributed by atoms with Gasteiger partial charge in [-0.25, -0.2) is 18.3 Å². The molecular weight excluding hydrogens is 1060 g/mol. The molecule has 0 amide bonds. The molecule has 4 heterocycles. The summed E-state index contributed by atoms with van der Waals surface area (Å²) >= 11 is 11.3. The van der Waals surface area contributed by atoms with E-state index in [-0.39, 0.29) is 28.7 Å². The number of phosphoric acid groups is 1. The summed E-state index contributed by atoms with van der Waals surface area (Å²) in [6.45, 7) is 3.48. The van der Waals surface area contributed by atoms with Gasteiger partial charge in [0.2, 0.25) is 11.6 Å². The number of carbonyl (C=O) groups excluding carboxylic acids is 3. The Morgan fingerprint density at radius 2 is 1.51 bits per heavy atom. The van der Waals surface area contributed by atoms with Crippen molar-refractivity contribution in [3.63, 3.8) is 0 Å². The zero-order valence-corrected chi connectivity index (χ0v) is 46.9. The predicted molar refractivity (Wildman–Crippen MR) is 278 cm³/mol. The molecule has 0 bridgehead atoms. The second-order valence-corrected chi connectivity index (χ2v) is 24.0. The van der Waals surface area contributed by atoms with E-state index in [4.69, 9.17) is 60.5 Å². The van der Waals surface area contributed by atoms with Gasteiger partial charge >= 0.3 is 32.4 Å². The summed E-state index contributed by atoms with van der Waals surface area (Å²) < 4.78 is 73.6. The van der Waals surface area contributed by atoms with Crippen LogP contribution >= 0.6 is 26.1 Å². The number of carbonyl (C=O) groups is 3. The van der Waals surface area contributed by atoms with Crippen LogP contribution in [-0.2, 0) is 67.8 Å². The number of nitrogens with zero attached hydrogens (tertiary/aromatic N) is 4. The van der Waals surface area contributed by atoms with Crippen LogP contribution in [0.25, 0.3) is 11.2 Å². The minimum atomic E-state index is -5.53. The number of fused-ring (bicyclic) bond motifs is 1. The van der Waals surface area contributed by atoms with E-state index >= 15 is 0 Å². The Morgan fingerprint density at radius 1 is 0.893 bits per heavy atom. The molecule has 422 valence electrons. The number of phosphoric ester groups is 1. The quantitative estimate of drug-likeness (QED) is 0.0128. The van der Waals surface area contributed by atoms with Gasteiger partial charge in [0.1, 0.15) is 36.8 Å². The van der Waals surface area contributed by atoms with Crippen LogP contribution in [0.2, 0.25) is 5.28 Å². The van der Waals surface area contributed by atoms with E-state index in [2.05, 4.69) is 27.2 Å². The highest BCUT2D eigenvalue weighted by molar-refractivity contribution is 8.08. The van der Waals surface area contributed by atoms with Gasteiger partial charge < -0.3 is 53.5 Å². The molecule has 13 atom stereocenters. The third-order valence-electron chi connectivity index (χ3n) is 13.4. The zero-order chi connectivity index (χ0) is 54.9. The van der Waals surface area contributed by atoms with Crippen LogP contribution in [0.1, 0.15) is 162 Å². The molecule has 5 rings (SSSR count). The van der Waals surface area contributed by atoms with Gasteiger partial charge in [0.15, 0.2) is 35.4 Å². The Bertz CT molecular complexity index is 2410. The van der Waals surface area contributed by atoms with Crippen molar-refractivity contribution in [3.8, 4) is 0 Å². The van der Waals surface area contributed by atoms with Gasteiger partial charge in [0, 0.05) is 31.7 Å². The molecule has 6 unspecified atom stereocenters. The van der Waals surface area contributed by atoms with Crippen LogP contribution < -0.4 is 5.32 Å². The number of halogens is 2. The molecule has 26 heteroatoms. The van der Waals surface area contributed by atoms with E-state index < -0.39 is 118 Å². The number of esters is 3. The highest BCUT2D eigenvalue weighted by atomic mass is 35.5. The molecule has 75 heavy (non-hydrogen) atoms. The number of ether oxygens (including phenoxy) is 5. The lowest BCUT2D eigenvalue weighted by Gasteiger charge is -2.45. The standard InChI is InChI=1S/C49H75ClFN5O16P2S/c1-7-8-9-10-11-12-13-14-15-16-17-18-19-20-21-26-39(59)65-27-38(67-33(5)57)43-30(2)31(3)44(68-34(6)58)48(70-43)71-73(62,63)72-74(64,75)66-28-37-41(60)42(61)47(69-37)56-29-52-40-45(54-49(50)55-46(40)56)53-32(4)35-24-22-23-25-36(35)51/h22-25,29-32,37-38,41-44,47-48,60-61H,7-21,26-28H2,1-6H3,(H,62,63)(H,64,75)(H,53,54,55)/t30-,31?,32?,37+,38+,41-,42?,43?,44+,47+,48-,74?/m0/s1. The molecule has 21 nitrogen and oxygen atoms in total. The van der Waals surface area contributed by atoms with E-state index in [1.54, 1.807) is 39.0 Å². The Kier molecular flexibility index (Phi) is 25.2. The summed E-state index contributed by atoms with van der Waals surface area (Å²) in [6.07, 6.45) is 7.17. The molecule has 2 aliphatic rings. The van der Waals surface area contributed by atoms with Crippen LogP contribution in [-0.4, -0.2) is 114 Å². The Morgan fingerprint density at radius 3 is 2.11 bits per heavy atom. The molecule has 2 fully saturated rings. The van der Waals surface area contributed by atoms with Crippen LogP contribution in [0.3, 0.4) is 0 Å². The van der Waals surface area contributed by atoms with Crippen LogP contribution in [0.4, 0.5) is 10.2 Å². The number of rotatable bonds is 32. The monoisotopic (exact) mass is 1140 g/mol. The lowest BCUT2D eigenvalue weighted by Crippen LogP contribution is -2.56. The molecule has 0 radical (unpaired) electrons. The number of anilines is 1. The first-order chi connectivity index (χ1) is 35.6. The molecule has 2 saturated heterocycles. The van der Waals surface area contributed by atoms with Gasteiger partial charge in [0.05, 0.1) is 19.0 Å². The van der Waals surface area contributed by atoms with Crippen molar-refractivity contribution < 1.29 is 80.4 Å². The fourth-order valence-electron chi connectivity index (χ4n) is 9.22. The molecule has 0 spiro atoms. The minimum Gasteiger partial charge on any atom is -0.462 e. The van der Waals surface area contributed by atoms with Crippen molar-refractivity contribution in [1.82, 2.24) is 19.5 Å². The molecule has 0 saturated carbocycles. The molecule has 5 N–H and O–H groups in total. The number of aliphatic hydroxyl groups is 2. The van der Waals surface area contributed by atoms with Crippen LogP contribution in [0.15, 0.2) is 30.6 Å². The number of benzene rings is 1. The van der Waals surface area contributed by atoms with Gasteiger partial charge in [-0.3, -0.25) is 23.5 Å². The summed E-state index contributed by atoms with van der Waals surface area (Å²) in [7, 11) is -5.53. The topological polar surface area (TPSA) is 279 Å². The first-order valence-electron chi connectivity index (χ1n) is 25.9. The molecule has 1 aromatic carbocycles. The average molecular weight is 1140 g/mol. The Labute approximate surface area is 448 Å². The number of unbranched alkanes of at least 4 members (excludes halogenated alkanes) is 14. The third-order valence-corrected chi connectivity index (χ3v) is 17.1. The van der Waals surface area contributed by atoms with Crippen molar-refractivity contribution in [2.75, 3.05) is 18.5 Å². The summed E-state index contributed by atoms with van der Waals surface area (Å²) in [6, 6.07) is 5.54. The average Bonchev–Trinajstić information content (AvgIpc) is 3.88. The number of aromatic nitrogens is 4. The number of nitrogens with one attached hydrogen (secondary N) is 1. The van der Waals surface area contributed by atoms with Gasteiger partial charge in [0.25, 0.3) is 0 Å². The maximum absolute atomic E-state index is 14.6. The van der Waals surface area contributed by atoms with E-state index in [1.807, 2.05) is 0 Å². The summed E-state index contributed by atoms with van der Waals surface area (Å²) in [5, 5.41) is 24.9. The van der Waals surface area contributed by atoms with E-state index in [0.717, 1.165) is 39.5 Å². The fraction of sp³-hybridized carbons (Fsp3) is 0.714. The predicted octanol–water partition coefficient (Wildman–Crippen LogP) is 9.44. The Balaban J connectivity index is 1.14. The van der Waals surface area contributed by atoms with Gasteiger partial charge in [-0.05, 0) is 48.7 Å². The first kappa shape index (κ1) is 62.6. The van der Waals surface area contributed by atoms with Crippen molar-refractivity contribution in [2.24, 2.45) is 11.8 Å². The maximum atomic E-state index is 14.6. The number of hydrogen-bond acceptors (Lipinski definition) is 19. The Hall–Kier alpha value is -3.28. The van der Waals surface area contributed by atoms with Crippen molar-refractivity contribution >= 4 is 72.8 Å². The molecule has 2 aromatic heterocycles. The molecular formula is C49H75ClFN5O16P2S. The maximum Gasteiger partial charge on any atom is 0.481 e. The smallest absolute Gasteiger partial charge is 0.462 e. The highest BCUT2D eigenvalue weighted by Gasteiger charge is 2.51. The van der Waals surface area contributed by atoms with Crippen LogP contribution in [0, 0.1) is 17.7 Å². The number of hydrogen-bond donors (Lipinski definition) is 5. The third kappa shape index (κ3) is 19.2. The van der Waals surface area contributed by atoms with E-state index in [9.17, 15) is 43.3 Å². The van der Waals surface area contributed by atoms with Gasteiger partial charge in [-0.15, -0.1) is 0 Å². The van der Waals surface area contributed by atoms with Crippen molar-refractivity contribution in [2.45, 2.75) is 199 Å². The number of imidazole rings is 1. The second-order valence-electron chi connectivity index (χ2n) is 19.3.